The van der Waals surface area contributed by atoms with E-state index in [1.807, 2.05) is 38.1 Å². The summed E-state index contributed by atoms with van der Waals surface area (Å²) in [5, 5.41) is 0.581. The van der Waals surface area contributed by atoms with Crippen LogP contribution in [-0.2, 0) is 22.5 Å². The van der Waals surface area contributed by atoms with Gasteiger partial charge in [-0.1, -0.05) is 43.6 Å². The Morgan fingerprint density at radius 3 is 2.68 bits per heavy atom. The molecule has 3 aromatic rings. The molecule has 1 saturated heterocycles. The molecule has 1 aromatic heterocycles. The number of imidazole rings is 1. The minimum Gasteiger partial charge on any atom is -0.379 e. The molecule has 0 spiro atoms. The molecule has 0 atom stereocenters. The zero-order valence-electron chi connectivity index (χ0n) is 19.8. The van der Waals surface area contributed by atoms with E-state index < -0.39 is 0 Å². The van der Waals surface area contributed by atoms with E-state index in [1.165, 1.54) is 0 Å². The number of Topliss-reactive ketones (excluding diaryl/α,β-unsaturated/α-hetero) is 1. The molecule has 0 N–H and O–H groups in total. The van der Waals surface area contributed by atoms with Crippen LogP contribution in [-0.4, -0.2) is 53.1 Å². The first-order valence-electron chi connectivity index (χ1n) is 11.8. The molecule has 7 heteroatoms. The summed E-state index contributed by atoms with van der Waals surface area (Å²) in [4.78, 5) is 19.6. The highest BCUT2D eigenvalue weighted by molar-refractivity contribution is 6.30. The van der Waals surface area contributed by atoms with Crippen LogP contribution in [0.25, 0.3) is 22.6 Å². The van der Waals surface area contributed by atoms with Gasteiger partial charge < -0.3 is 9.30 Å². The average molecular weight is 484 g/mol. The molecule has 0 bridgehead atoms. The molecule has 0 unspecified atom stereocenters. The molecule has 4 rings (SSSR count). The largest absolute Gasteiger partial charge is 0.379 e. The van der Waals surface area contributed by atoms with Crippen LogP contribution in [0.1, 0.15) is 25.8 Å². The van der Waals surface area contributed by atoms with Gasteiger partial charge in [-0.25, -0.2) is 9.37 Å². The maximum atomic E-state index is 15.2. The van der Waals surface area contributed by atoms with Crippen molar-refractivity contribution in [2.24, 2.45) is 5.92 Å². The SMILES string of the molecule is CC(C)CC(=O)Cn1cc(-c2ccc(CCN3CCOCC3)cc2F)nc1-c1cccc(Cl)c1. The van der Waals surface area contributed by atoms with E-state index in [2.05, 4.69) is 4.90 Å². The molecule has 0 saturated carbocycles. The van der Waals surface area contributed by atoms with E-state index in [4.69, 9.17) is 21.3 Å². The maximum absolute atomic E-state index is 15.2. The highest BCUT2D eigenvalue weighted by atomic mass is 35.5. The molecule has 5 nitrogen and oxygen atoms in total. The number of ether oxygens (including phenoxy) is 1. The summed E-state index contributed by atoms with van der Waals surface area (Å²) in [6.45, 7) is 8.45. The molecule has 1 aliphatic rings. The van der Waals surface area contributed by atoms with Gasteiger partial charge in [0.05, 0.1) is 25.5 Å². The molecule has 2 heterocycles. The van der Waals surface area contributed by atoms with Crippen LogP contribution in [0, 0.1) is 11.7 Å². The molecule has 0 aliphatic carbocycles. The van der Waals surface area contributed by atoms with Crippen LogP contribution in [0.15, 0.2) is 48.7 Å². The Labute approximate surface area is 205 Å². The fourth-order valence-corrected chi connectivity index (χ4v) is 4.46. The first kappa shape index (κ1) is 24.6. The Kier molecular flexibility index (Phi) is 8.14. The van der Waals surface area contributed by atoms with Gasteiger partial charge >= 0.3 is 0 Å². The van der Waals surface area contributed by atoms with Crippen molar-refractivity contribution in [2.75, 3.05) is 32.8 Å². The molecule has 0 amide bonds. The fourth-order valence-electron chi connectivity index (χ4n) is 4.27. The third kappa shape index (κ3) is 6.32. The lowest BCUT2D eigenvalue weighted by atomic mass is 10.1. The third-order valence-electron chi connectivity index (χ3n) is 5.97. The van der Waals surface area contributed by atoms with Crippen molar-refractivity contribution in [1.29, 1.82) is 0 Å². The number of morpholine rings is 1. The first-order valence-corrected chi connectivity index (χ1v) is 12.2. The number of hydrogen-bond acceptors (Lipinski definition) is 4. The fraction of sp³-hybridized carbons (Fsp3) is 0.407. The Bertz CT molecular complexity index is 1140. The normalized spacial score (nSPS) is 14.6. The van der Waals surface area contributed by atoms with E-state index in [1.54, 1.807) is 29.0 Å². The lowest BCUT2D eigenvalue weighted by Crippen LogP contribution is -2.37. The highest BCUT2D eigenvalue weighted by Crippen LogP contribution is 2.29. The van der Waals surface area contributed by atoms with Crippen LogP contribution in [0.3, 0.4) is 0 Å². The molecular formula is C27H31ClFN3O2. The number of rotatable bonds is 9. The van der Waals surface area contributed by atoms with Crippen molar-refractivity contribution in [1.82, 2.24) is 14.5 Å². The quantitative estimate of drug-likeness (QED) is 0.403. The molecule has 1 fully saturated rings. The van der Waals surface area contributed by atoms with Gasteiger partial charge in [-0.3, -0.25) is 9.69 Å². The number of aromatic nitrogens is 2. The zero-order chi connectivity index (χ0) is 24.1. The molecule has 0 radical (unpaired) electrons. The predicted octanol–water partition coefficient (Wildman–Crippen LogP) is 5.50. The maximum Gasteiger partial charge on any atom is 0.152 e. The number of hydrogen-bond donors (Lipinski definition) is 0. The second kappa shape index (κ2) is 11.3. The summed E-state index contributed by atoms with van der Waals surface area (Å²) in [5.74, 6) is 0.675. The second-order valence-electron chi connectivity index (χ2n) is 9.24. The van der Waals surface area contributed by atoms with Gasteiger partial charge in [0, 0.05) is 48.4 Å². The smallest absolute Gasteiger partial charge is 0.152 e. The Morgan fingerprint density at radius 1 is 1.18 bits per heavy atom. The monoisotopic (exact) mass is 483 g/mol. The minimum atomic E-state index is -0.310. The first-order chi connectivity index (χ1) is 16.4. The van der Waals surface area contributed by atoms with Crippen LogP contribution in [0.4, 0.5) is 4.39 Å². The molecule has 180 valence electrons. The van der Waals surface area contributed by atoms with E-state index in [0.717, 1.165) is 50.4 Å². The Morgan fingerprint density at radius 2 is 1.97 bits per heavy atom. The summed E-state index contributed by atoms with van der Waals surface area (Å²) < 4.78 is 22.4. The van der Waals surface area contributed by atoms with Crippen LogP contribution in [0.5, 0.6) is 0 Å². The third-order valence-corrected chi connectivity index (χ3v) is 6.21. The summed E-state index contributed by atoms with van der Waals surface area (Å²) in [6.07, 6.45) is 3.03. The topological polar surface area (TPSA) is 47.4 Å². The summed E-state index contributed by atoms with van der Waals surface area (Å²) >= 11 is 6.20. The van der Waals surface area contributed by atoms with Gasteiger partial charge in [0.1, 0.15) is 11.6 Å². The predicted molar refractivity (Wildman–Crippen MR) is 133 cm³/mol. The van der Waals surface area contributed by atoms with E-state index >= 15 is 4.39 Å². The summed E-state index contributed by atoms with van der Waals surface area (Å²) in [5.41, 5.74) is 2.67. The molecular weight excluding hydrogens is 453 g/mol. The molecule has 34 heavy (non-hydrogen) atoms. The van der Waals surface area contributed by atoms with E-state index in [0.29, 0.717) is 28.5 Å². The number of halogens is 2. The number of benzene rings is 2. The van der Waals surface area contributed by atoms with Crippen molar-refractivity contribution >= 4 is 17.4 Å². The molecule has 2 aromatic carbocycles. The van der Waals surface area contributed by atoms with E-state index in [9.17, 15) is 4.79 Å². The lowest BCUT2D eigenvalue weighted by Gasteiger charge is -2.26. The van der Waals surface area contributed by atoms with Crippen molar-refractivity contribution in [3.8, 4) is 22.6 Å². The van der Waals surface area contributed by atoms with Gasteiger partial charge in [0.2, 0.25) is 0 Å². The van der Waals surface area contributed by atoms with E-state index in [-0.39, 0.29) is 24.1 Å². The highest BCUT2D eigenvalue weighted by Gasteiger charge is 2.18. The number of nitrogens with zero attached hydrogens (tertiary/aromatic N) is 3. The minimum absolute atomic E-state index is 0.112. The lowest BCUT2D eigenvalue weighted by molar-refractivity contribution is -0.120. The molecule has 1 aliphatic heterocycles. The van der Waals surface area contributed by atoms with Crippen molar-refractivity contribution < 1.29 is 13.9 Å². The van der Waals surface area contributed by atoms with Crippen molar-refractivity contribution in [3.63, 3.8) is 0 Å². The average Bonchev–Trinajstić information content (AvgIpc) is 3.21. The Balaban J connectivity index is 1.59. The summed E-state index contributed by atoms with van der Waals surface area (Å²) in [6, 6.07) is 12.7. The number of ketones is 1. The van der Waals surface area contributed by atoms with Gasteiger partial charge in [0.15, 0.2) is 5.78 Å². The zero-order valence-corrected chi connectivity index (χ0v) is 20.5. The van der Waals surface area contributed by atoms with Gasteiger partial charge in [-0.05, 0) is 42.2 Å². The summed E-state index contributed by atoms with van der Waals surface area (Å²) in [7, 11) is 0. The van der Waals surface area contributed by atoms with Crippen molar-refractivity contribution in [2.45, 2.75) is 33.2 Å². The number of carbonyl (C=O) groups excluding carboxylic acids is 1. The second-order valence-corrected chi connectivity index (χ2v) is 9.68. The van der Waals surface area contributed by atoms with Crippen LogP contribution < -0.4 is 0 Å². The Hall–Kier alpha value is -2.54. The van der Waals surface area contributed by atoms with Gasteiger partial charge in [-0.2, -0.15) is 0 Å². The van der Waals surface area contributed by atoms with Gasteiger partial charge in [-0.15, -0.1) is 0 Å². The number of carbonyl (C=O) groups is 1. The van der Waals surface area contributed by atoms with Crippen LogP contribution in [0.2, 0.25) is 5.02 Å². The van der Waals surface area contributed by atoms with Crippen molar-refractivity contribution in [3.05, 3.63) is 65.1 Å². The van der Waals surface area contributed by atoms with Crippen LogP contribution >= 0.6 is 11.6 Å². The standard InChI is InChI=1S/C27H31ClFN3O2/c1-19(2)14-23(33)17-32-18-26(30-27(32)21-4-3-5-22(28)16-21)24-7-6-20(15-25(24)29)8-9-31-10-12-34-13-11-31/h3-7,15-16,18-19H,8-14,17H2,1-2H3. The van der Waals surface area contributed by atoms with Gasteiger partial charge in [0.25, 0.3) is 0 Å².